The second-order valence-corrected chi connectivity index (χ2v) is 5.27. The molecule has 1 aromatic rings. The van der Waals surface area contributed by atoms with Crippen LogP contribution >= 0.6 is 0 Å². The van der Waals surface area contributed by atoms with Gasteiger partial charge in [0, 0.05) is 6.61 Å². The lowest BCUT2D eigenvalue weighted by Crippen LogP contribution is -2.17. The Morgan fingerprint density at radius 3 is 2.94 bits per heavy atom. The summed E-state index contributed by atoms with van der Waals surface area (Å²) in [5.74, 6) is 1.31. The second kappa shape index (κ2) is 6.21. The fourth-order valence-corrected chi connectivity index (χ4v) is 2.12. The first-order valence-corrected chi connectivity index (χ1v) is 6.69. The van der Waals surface area contributed by atoms with Crippen LogP contribution in [-0.2, 0) is 4.74 Å². The van der Waals surface area contributed by atoms with Gasteiger partial charge in [-0.25, -0.2) is 0 Å². The highest BCUT2D eigenvalue weighted by atomic mass is 16.5. The SMILES string of the molecule is CC(C)COc1cccc(C(O)C2CCCO2)c1. The number of rotatable bonds is 5. The molecule has 1 heterocycles. The average molecular weight is 250 g/mol. The monoisotopic (exact) mass is 250 g/mol. The minimum absolute atomic E-state index is 0.0645. The fourth-order valence-electron chi connectivity index (χ4n) is 2.12. The van der Waals surface area contributed by atoms with Gasteiger partial charge in [0.15, 0.2) is 0 Å². The Labute approximate surface area is 109 Å². The van der Waals surface area contributed by atoms with E-state index in [4.69, 9.17) is 9.47 Å². The topological polar surface area (TPSA) is 38.7 Å². The van der Waals surface area contributed by atoms with Crippen molar-refractivity contribution < 1.29 is 14.6 Å². The predicted molar refractivity (Wildman–Crippen MR) is 70.7 cm³/mol. The molecule has 100 valence electrons. The highest BCUT2D eigenvalue weighted by molar-refractivity contribution is 5.30. The molecule has 0 radical (unpaired) electrons. The molecule has 18 heavy (non-hydrogen) atoms. The number of benzene rings is 1. The molecule has 1 aromatic carbocycles. The molecule has 2 atom stereocenters. The summed E-state index contributed by atoms with van der Waals surface area (Å²) in [5, 5.41) is 10.2. The lowest BCUT2D eigenvalue weighted by molar-refractivity contribution is -0.00269. The summed E-state index contributed by atoms with van der Waals surface area (Å²) in [6.07, 6.45) is 1.35. The maximum Gasteiger partial charge on any atom is 0.119 e. The van der Waals surface area contributed by atoms with Crippen molar-refractivity contribution in [3.05, 3.63) is 29.8 Å². The Bertz CT molecular complexity index is 370. The standard InChI is InChI=1S/C15H22O3/c1-11(2)10-18-13-6-3-5-12(9-13)15(16)14-7-4-8-17-14/h3,5-6,9,11,14-16H,4,7-8,10H2,1-2H3. The molecule has 3 heteroatoms. The molecule has 1 fully saturated rings. The molecule has 2 rings (SSSR count). The first-order valence-electron chi connectivity index (χ1n) is 6.69. The van der Waals surface area contributed by atoms with Gasteiger partial charge in [-0.15, -0.1) is 0 Å². The van der Waals surface area contributed by atoms with E-state index in [-0.39, 0.29) is 6.10 Å². The predicted octanol–water partition coefficient (Wildman–Crippen LogP) is 2.93. The summed E-state index contributed by atoms with van der Waals surface area (Å²) in [6, 6.07) is 7.68. The summed E-state index contributed by atoms with van der Waals surface area (Å²) in [5.41, 5.74) is 0.878. The summed E-state index contributed by atoms with van der Waals surface area (Å²) in [6.45, 7) is 5.68. The first kappa shape index (κ1) is 13.4. The lowest BCUT2D eigenvalue weighted by Gasteiger charge is -2.18. The zero-order chi connectivity index (χ0) is 13.0. The van der Waals surface area contributed by atoms with Gasteiger partial charge in [0.05, 0.1) is 12.7 Å². The van der Waals surface area contributed by atoms with Crippen LogP contribution in [-0.4, -0.2) is 24.4 Å². The summed E-state index contributed by atoms with van der Waals surface area (Å²) in [4.78, 5) is 0. The number of aliphatic hydroxyl groups excluding tert-OH is 1. The minimum atomic E-state index is -0.546. The van der Waals surface area contributed by atoms with Crippen LogP contribution in [0.5, 0.6) is 5.75 Å². The van der Waals surface area contributed by atoms with Crippen molar-refractivity contribution in [2.45, 2.75) is 38.9 Å². The number of aliphatic hydroxyl groups is 1. The molecular formula is C15H22O3. The molecule has 0 aliphatic carbocycles. The van der Waals surface area contributed by atoms with Gasteiger partial charge in [-0.1, -0.05) is 26.0 Å². The second-order valence-electron chi connectivity index (χ2n) is 5.27. The van der Waals surface area contributed by atoms with E-state index in [0.717, 1.165) is 30.8 Å². The van der Waals surface area contributed by atoms with Gasteiger partial charge in [0.2, 0.25) is 0 Å². The Morgan fingerprint density at radius 1 is 1.44 bits per heavy atom. The van der Waals surface area contributed by atoms with Crippen LogP contribution in [0.15, 0.2) is 24.3 Å². The Hall–Kier alpha value is -1.06. The molecule has 1 saturated heterocycles. The van der Waals surface area contributed by atoms with E-state index in [9.17, 15) is 5.11 Å². The quantitative estimate of drug-likeness (QED) is 0.873. The van der Waals surface area contributed by atoms with Gasteiger partial charge in [-0.3, -0.25) is 0 Å². The Morgan fingerprint density at radius 2 is 2.28 bits per heavy atom. The smallest absolute Gasteiger partial charge is 0.119 e. The molecule has 3 nitrogen and oxygen atoms in total. The third kappa shape index (κ3) is 3.47. The molecule has 0 bridgehead atoms. The van der Waals surface area contributed by atoms with E-state index in [1.165, 1.54) is 0 Å². The number of hydrogen-bond acceptors (Lipinski definition) is 3. The molecule has 0 saturated carbocycles. The van der Waals surface area contributed by atoms with Crippen LogP contribution in [0.4, 0.5) is 0 Å². The van der Waals surface area contributed by atoms with Crippen LogP contribution in [0.1, 0.15) is 38.4 Å². The molecule has 1 aliphatic rings. The number of ether oxygens (including phenoxy) is 2. The van der Waals surface area contributed by atoms with Crippen LogP contribution < -0.4 is 4.74 Å². The van der Waals surface area contributed by atoms with Crippen molar-refractivity contribution in [1.82, 2.24) is 0 Å². The molecular weight excluding hydrogens is 228 g/mol. The average Bonchev–Trinajstić information content (AvgIpc) is 2.89. The van der Waals surface area contributed by atoms with Crippen LogP contribution in [0.2, 0.25) is 0 Å². The van der Waals surface area contributed by atoms with Crippen molar-refractivity contribution in [3.63, 3.8) is 0 Å². The summed E-state index contributed by atoms with van der Waals surface area (Å²) < 4.78 is 11.2. The first-order chi connectivity index (χ1) is 8.66. The van der Waals surface area contributed by atoms with Gasteiger partial charge in [-0.05, 0) is 36.5 Å². The van der Waals surface area contributed by atoms with Gasteiger partial charge < -0.3 is 14.6 Å². The lowest BCUT2D eigenvalue weighted by atomic mass is 10.0. The largest absolute Gasteiger partial charge is 0.493 e. The van der Waals surface area contributed by atoms with Crippen molar-refractivity contribution in [2.24, 2.45) is 5.92 Å². The van der Waals surface area contributed by atoms with Crippen molar-refractivity contribution in [2.75, 3.05) is 13.2 Å². The van der Waals surface area contributed by atoms with Gasteiger partial charge in [0.1, 0.15) is 11.9 Å². The Balaban J connectivity index is 2.01. The highest BCUT2D eigenvalue weighted by Gasteiger charge is 2.25. The van der Waals surface area contributed by atoms with E-state index in [1.54, 1.807) is 0 Å². The zero-order valence-corrected chi connectivity index (χ0v) is 11.1. The Kier molecular flexibility index (Phi) is 4.61. The van der Waals surface area contributed by atoms with E-state index < -0.39 is 6.10 Å². The molecule has 2 unspecified atom stereocenters. The third-order valence-electron chi connectivity index (χ3n) is 3.10. The van der Waals surface area contributed by atoms with E-state index in [2.05, 4.69) is 13.8 Å². The van der Waals surface area contributed by atoms with Crippen LogP contribution in [0, 0.1) is 5.92 Å². The van der Waals surface area contributed by atoms with Gasteiger partial charge in [-0.2, -0.15) is 0 Å². The minimum Gasteiger partial charge on any atom is -0.493 e. The molecule has 0 spiro atoms. The summed E-state index contributed by atoms with van der Waals surface area (Å²) >= 11 is 0. The van der Waals surface area contributed by atoms with Crippen molar-refractivity contribution in [3.8, 4) is 5.75 Å². The fraction of sp³-hybridized carbons (Fsp3) is 0.600. The van der Waals surface area contributed by atoms with Crippen LogP contribution in [0.3, 0.4) is 0 Å². The maximum atomic E-state index is 10.2. The van der Waals surface area contributed by atoms with Crippen LogP contribution in [0.25, 0.3) is 0 Å². The molecule has 0 amide bonds. The zero-order valence-electron chi connectivity index (χ0n) is 11.1. The molecule has 1 aliphatic heterocycles. The normalized spacial score (nSPS) is 21.2. The number of hydrogen-bond donors (Lipinski definition) is 1. The van der Waals surface area contributed by atoms with Crippen molar-refractivity contribution in [1.29, 1.82) is 0 Å². The maximum absolute atomic E-state index is 10.2. The highest BCUT2D eigenvalue weighted by Crippen LogP contribution is 2.28. The van der Waals surface area contributed by atoms with E-state index in [1.807, 2.05) is 24.3 Å². The van der Waals surface area contributed by atoms with E-state index >= 15 is 0 Å². The third-order valence-corrected chi connectivity index (χ3v) is 3.10. The van der Waals surface area contributed by atoms with Crippen molar-refractivity contribution >= 4 is 0 Å². The molecule has 0 aromatic heterocycles. The van der Waals surface area contributed by atoms with Gasteiger partial charge >= 0.3 is 0 Å². The van der Waals surface area contributed by atoms with E-state index in [0.29, 0.717) is 12.5 Å². The summed E-state index contributed by atoms with van der Waals surface area (Å²) in [7, 11) is 0. The van der Waals surface area contributed by atoms with Gasteiger partial charge in [0.25, 0.3) is 0 Å². The molecule has 1 N–H and O–H groups in total.